The Bertz CT molecular complexity index is 1250. The van der Waals surface area contributed by atoms with Gasteiger partial charge in [-0.25, -0.2) is 9.97 Å². The van der Waals surface area contributed by atoms with E-state index < -0.39 is 0 Å². The van der Waals surface area contributed by atoms with Crippen molar-refractivity contribution < 1.29 is 19.7 Å². The van der Waals surface area contributed by atoms with Crippen LogP contribution in [-0.2, 0) is 11.3 Å². The van der Waals surface area contributed by atoms with Crippen molar-refractivity contribution >= 4 is 40.2 Å². The molecule has 0 atom stereocenters. The first-order valence-electron chi connectivity index (χ1n) is 10.7. The number of aromatic nitrogens is 2. The van der Waals surface area contributed by atoms with Gasteiger partial charge in [0.05, 0.1) is 17.1 Å². The second-order valence-corrected chi connectivity index (χ2v) is 9.12. The minimum Gasteiger partial charge on any atom is -0.457 e. The van der Waals surface area contributed by atoms with E-state index >= 15 is 0 Å². The summed E-state index contributed by atoms with van der Waals surface area (Å²) in [5.74, 6) is 1.79. The van der Waals surface area contributed by atoms with Crippen LogP contribution in [0, 0.1) is 6.92 Å². The molecule has 0 saturated heterocycles. The highest BCUT2D eigenvalue weighted by atomic mass is 35.5. The van der Waals surface area contributed by atoms with Gasteiger partial charge in [-0.1, -0.05) is 35.9 Å². The highest BCUT2D eigenvalue weighted by molar-refractivity contribution is 8.02. The van der Waals surface area contributed by atoms with Crippen molar-refractivity contribution in [2.75, 3.05) is 12.3 Å². The number of hydrogen-bond donors (Lipinski definition) is 4. The number of carbonyl (C=O) groups excluding carboxylic acids is 1. The Balaban J connectivity index is 1.99. The summed E-state index contributed by atoms with van der Waals surface area (Å²) in [6.45, 7) is 3.43. The number of allylic oxidation sites excluding steroid dienone is 1. The highest BCUT2D eigenvalue weighted by Crippen LogP contribution is 2.33. The summed E-state index contributed by atoms with van der Waals surface area (Å²) >= 11 is 6.80. The lowest BCUT2D eigenvalue weighted by Gasteiger charge is -2.22. The lowest BCUT2D eigenvalue weighted by Crippen LogP contribution is -2.22. The third-order valence-electron chi connectivity index (χ3n) is 5.09. The number of nitrogens with two attached hydrogens (primary N) is 1. The number of ether oxygens (including phenoxy) is 1. The van der Waals surface area contributed by atoms with Gasteiger partial charge in [0.1, 0.15) is 28.2 Å². The molecule has 3 rings (SSSR count). The van der Waals surface area contributed by atoms with Crippen LogP contribution < -0.4 is 10.5 Å². The quantitative estimate of drug-likeness (QED) is 0.177. The van der Waals surface area contributed by atoms with Crippen molar-refractivity contribution in [1.82, 2.24) is 14.9 Å². The van der Waals surface area contributed by atoms with Gasteiger partial charge in [0.15, 0.2) is 0 Å². The van der Waals surface area contributed by atoms with E-state index in [1.807, 2.05) is 18.2 Å². The first kappa shape index (κ1) is 26.4. The monoisotopic (exact) mass is 514 g/mol. The SMILES string of the molecule is C/C(=C(CCO)/[SH]=C(\O)c1c(Cl)cccc1Oc1ccccc1)N(C=O)Cc1cnc(C)nc1N. The first-order valence-corrected chi connectivity index (χ1v) is 12.0. The van der Waals surface area contributed by atoms with Gasteiger partial charge in [-0.2, -0.15) is 0 Å². The summed E-state index contributed by atoms with van der Waals surface area (Å²) in [6, 6.07) is 14.2. The number of anilines is 1. The van der Waals surface area contributed by atoms with Crippen LogP contribution in [0.15, 0.2) is 65.3 Å². The number of thiol groups is 1. The maximum Gasteiger partial charge on any atom is 0.214 e. The Labute approximate surface area is 212 Å². The topological polar surface area (TPSA) is 122 Å². The second-order valence-electron chi connectivity index (χ2n) is 7.53. The Morgan fingerprint density at radius 1 is 1.23 bits per heavy atom. The number of carbonyl (C=O) groups is 1. The van der Waals surface area contributed by atoms with E-state index in [9.17, 15) is 15.0 Å². The average Bonchev–Trinajstić information content (AvgIpc) is 2.83. The van der Waals surface area contributed by atoms with E-state index in [1.54, 1.807) is 50.4 Å². The number of nitrogens with zero attached hydrogens (tertiary/aromatic N) is 3. The summed E-state index contributed by atoms with van der Waals surface area (Å²) in [6.07, 6.45) is 2.46. The fourth-order valence-corrected chi connectivity index (χ4v) is 4.67. The molecule has 0 aliphatic heterocycles. The van der Waals surface area contributed by atoms with E-state index in [-0.39, 0.29) is 30.4 Å². The third kappa shape index (κ3) is 6.89. The van der Waals surface area contributed by atoms with Crippen molar-refractivity contribution in [2.45, 2.75) is 26.8 Å². The zero-order valence-corrected chi connectivity index (χ0v) is 21.0. The van der Waals surface area contributed by atoms with Gasteiger partial charge in [0, 0.05) is 35.4 Å². The first-order chi connectivity index (χ1) is 16.8. The predicted octanol–water partition coefficient (Wildman–Crippen LogP) is 4.59. The number of amides is 1. The number of benzene rings is 2. The Kier molecular flexibility index (Phi) is 9.39. The third-order valence-corrected chi connectivity index (χ3v) is 6.66. The molecule has 10 heteroatoms. The summed E-state index contributed by atoms with van der Waals surface area (Å²) < 4.78 is 5.95. The minimum absolute atomic E-state index is 0.0756. The van der Waals surface area contributed by atoms with Crippen LogP contribution in [0.4, 0.5) is 5.82 Å². The molecule has 0 aliphatic rings. The number of nitrogen functional groups attached to an aromatic ring is 1. The number of aryl methyl sites for hydroxylation is 1. The number of aliphatic hydroxyl groups is 2. The summed E-state index contributed by atoms with van der Waals surface area (Å²) in [7, 11) is 0. The zero-order valence-electron chi connectivity index (χ0n) is 19.3. The van der Waals surface area contributed by atoms with E-state index in [0.29, 0.717) is 61.8 Å². The van der Waals surface area contributed by atoms with Crippen LogP contribution in [0.5, 0.6) is 11.5 Å². The molecule has 8 nitrogen and oxygen atoms in total. The van der Waals surface area contributed by atoms with Crippen molar-refractivity contribution in [2.24, 2.45) is 0 Å². The van der Waals surface area contributed by atoms with Crippen LogP contribution in [0.2, 0.25) is 5.02 Å². The smallest absolute Gasteiger partial charge is 0.214 e. The number of aliphatic hydroxyl groups excluding tert-OH is 2. The van der Waals surface area contributed by atoms with Gasteiger partial charge in [-0.15, -0.1) is 11.4 Å². The summed E-state index contributed by atoms with van der Waals surface area (Å²) in [4.78, 5) is 22.3. The Hall–Kier alpha value is -3.24. The number of halogens is 1. The van der Waals surface area contributed by atoms with Gasteiger partial charge < -0.3 is 25.6 Å². The van der Waals surface area contributed by atoms with Crippen molar-refractivity contribution in [3.05, 3.63) is 87.3 Å². The Morgan fingerprint density at radius 2 is 1.97 bits per heavy atom. The number of para-hydroxylation sites is 1. The van der Waals surface area contributed by atoms with Gasteiger partial charge in [0.25, 0.3) is 0 Å². The molecule has 0 radical (unpaired) electrons. The normalized spacial score (nSPS) is 12.4. The summed E-state index contributed by atoms with van der Waals surface area (Å²) in [5.41, 5.74) is 7.46. The molecule has 0 bridgehead atoms. The van der Waals surface area contributed by atoms with E-state index in [4.69, 9.17) is 22.1 Å². The van der Waals surface area contributed by atoms with Crippen LogP contribution in [0.3, 0.4) is 0 Å². The molecule has 0 aliphatic carbocycles. The molecular formula is C25H27ClN4O4S. The molecule has 3 aromatic rings. The van der Waals surface area contributed by atoms with E-state index in [2.05, 4.69) is 9.97 Å². The molecule has 0 fully saturated rings. The highest BCUT2D eigenvalue weighted by Gasteiger charge is 2.17. The van der Waals surface area contributed by atoms with Gasteiger partial charge in [0.2, 0.25) is 6.41 Å². The number of rotatable bonds is 10. The second kappa shape index (κ2) is 12.5. The molecule has 2 aromatic carbocycles. The van der Waals surface area contributed by atoms with E-state index in [0.717, 1.165) is 0 Å². The molecule has 35 heavy (non-hydrogen) atoms. The molecule has 0 unspecified atom stereocenters. The number of hydrogen-bond acceptors (Lipinski definition) is 6. The van der Waals surface area contributed by atoms with Gasteiger partial charge >= 0.3 is 0 Å². The molecule has 0 saturated carbocycles. The maximum absolute atomic E-state index is 11.9. The molecule has 1 amide bonds. The fraction of sp³-hybridized carbons (Fsp3) is 0.200. The van der Waals surface area contributed by atoms with Crippen LogP contribution in [0.1, 0.15) is 30.3 Å². The Morgan fingerprint density at radius 3 is 2.63 bits per heavy atom. The molecule has 1 aromatic heterocycles. The lowest BCUT2D eigenvalue weighted by atomic mass is 10.2. The molecule has 4 N–H and O–H groups in total. The van der Waals surface area contributed by atoms with Crippen LogP contribution in [0.25, 0.3) is 0 Å². The molecule has 0 spiro atoms. The zero-order chi connectivity index (χ0) is 25.4. The molecule has 1 heterocycles. The average molecular weight is 515 g/mol. The van der Waals surface area contributed by atoms with Gasteiger partial charge in [-0.05, 0) is 38.1 Å². The lowest BCUT2D eigenvalue weighted by molar-refractivity contribution is -0.116. The predicted molar refractivity (Wildman–Crippen MR) is 141 cm³/mol. The molecule has 184 valence electrons. The van der Waals surface area contributed by atoms with Crippen LogP contribution >= 0.6 is 23.0 Å². The van der Waals surface area contributed by atoms with E-state index in [1.165, 1.54) is 4.90 Å². The van der Waals surface area contributed by atoms with Crippen LogP contribution in [-0.4, -0.2) is 43.1 Å². The standard InChI is InChI=1S/C25H27ClN4O4S/c1-16(30(15-32)14-18-13-28-17(2)29-24(18)27)22(11-12-31)35-25(33)23-20(26)9-6-10-21(23)34-19-7-4-3-5-8-19/h3-10,13,15,31,33,35H,11-12,14H2,1-2H3,(H2,27,28,29)/b22-16-. The van der Waals surface area contributed by atoms with Gasteiger partial charge in [-0.3, -0.25) is 4.79 Å². The largest absolute Gasteiger partial charge is 0.457 e. The fourth-order valence-electron chi connectivity index (χ4n) is 3.25. The maximum atomic E-state index is 11.9. The minimum atomic E-state index is -0.175. The van der Waals surface area contributed by atoms with Crippen molar-refractivity contribution in [1.29, 1.82) is 0 Å². The van der Waals surface area contributed by atoms with Crippen molar-refractivity contribution in [3.8, 4) is 11.5 Å². The van der Waals surface area contributed by atoms with Crippen molar-refractivity contribution in [3.63, 3.8) is 0 Å². The molecular weight excluding hydrogens is 488 g/mol. The summed E-state index contributed by atoms with van der Waals surface area (Å²) in [5, 5.41) is 21.0.